The summed E-state index contributed by atoms with van der Waals surface area (Å²) in [6.07, 6.45) is 2.29. The summed E-state index contributed by atoms with van der Waals surface area (Å²) in [7, 11) is -3.77. The number of fused-ring (bicyclic) bond motifs is 1. The Balaban J connectivity index is 1.67. The Bertz CT molecular complexity index is 1110. The van der Waals surface area contributed by atoms with Crippen molar-refractivity contribution in [2.45, 2.75) is 24.3 Å². The maximum absolute atomic E-state index is 12.5. The second kappa shape index (κ2) is 5.93. The molecule has 0 aliphatic heterocycles. The fourth-order valence-corrected chi connectivity index (χ4v) is 4.11. The molecule has 25 heavy (non-hydrogen) atoms. The van der Waals surface area contributed by atoms with Crippen molar-refractivity contribution in [1.82, 2.24) is 9.78 Å². The van der Waals surface area contributed by atoms with Crippen LogP contribution in [-0.4, -0.2) is 18.2 Å². The number of hydrogen-bond acceptors (Lipinski definition) is 3. The van der Waals surface area contributed by atoms with Crippen molar-refractivity contribution in [3.8, 4) is 0 Å². The van der Waals surface area contributed by atoms with Gasteiger partial charge in [-0.05, 0) is 55.2 Å². The number of sulfonamides is 1. The summed E-state index contributed by atoms with van der Waals surface area (Å²) < 4.78 is 29.0. The van der Waals surface area contributed by atoms with Gasteiger partial charge in [0.05, 0.1) is 15.8 Å². The van der Waals surface area contributed by atoms with E-state index in [9.17, 15) is 13.2 Å². The van der Waals surface area contributed by atoms with Crippen LogP contribution in [0.1, 0.15) is 12.8 Å². The SMILES string of the molecule is O=c1c2cc(NS(=O)(=O)c3cccc(Cl)c3)ccc2[nH]n1CC1CC1. The molecule has 0 spiro atoms. The van der Waals surface area contributed by atoms with Gasteiger partial charge in [-0.15, -0.1) is 0 Å². The van der Waals surface area contributed by atoms with Gasteiger partial charge in [-0.2, -0.15) is 0 Å². The molecular formula is C17H16ClN3O3S. The lowest BCUT2D eigenvalue weighted by atomic mass is 10.2. The lowest BCUT2D eigenvalue weighted by molar-refractivity contribution is 0.553. The number of nitrogens with one attached hydrogen (secondary N) is 2. The van der Waals surface area contributed by atoms with Crippen molar-refractivity contribution in [2.24, 2.45) is 5.92 Å². The van der Waals surface area contributed by atoms with Gasteiger partial charge in [-0.1, -0.05) is 17.7 Å². The predicted molar refractivity (Wildman–Crippen MR) is 97.5 cm³/mol. The molecule has 1 aliphatic rings. The normalized spacial score (nSPS) is 14.8. The third kappa shape index (κ3) is 3.29. The molecule has 0 bridgehead atoms. The van der Waals surface area contributed by atoms with E-state index in [0.717, 1.165) is 12.8 Å². The van der Waals surface area contributed by atoms with E-state index in [4.69, 9.17) is 11.6 Å². The van der Waals surface area contributed by atoms with Gasteiger partial charge in [-0.3, -0.25) is 19.3 Å². The molecule has 6 nitrogen and oxygen atoms in total. The third-order valence-corrected chi connectivity index (χ3v) is 5.86. The Morgan fingerprint density at radius 2 is 2.00 bits per heavy atom. The van der Waals surface area contributed by atoms with Gasteiger partial charge in [0.25, 0.3) is 15.6 Å². The topological polar surface area (TPSA) is 84.0 Å². The van der Waals surface area contributed by atoms with Crippen LogP contribution in [0.25, 0.3) is 10.9 Å². The van der Waals surface area contributed by atoms with E-state index >= 15 is 0 Å². The smallest absolute Gasteiger partial charge is 0.274 e. The second-order valence-corrected chi connectivity index (χ2v) is 8.41. The van der Waals surface area contributed by atoms with E-state index in [0.29, 0.717) is 34.1 Å². The molecule has 130 valence electrons. The Morgan fingerprint density at radius 1 is 1.20 bits per heavy atom. The molecule has 1 heterocycles. The van der Waals surface area contributed by atoms with Crippen molar-refractivity contribution in [2.75, 3.05) is 4.72 Å². The number of nitrogens with zero attached hydrogens (tertiary/aromatic N) is 1. The summed E-state index contributed by atoms with van der Waals surface area (Å²) in [6, 6.07) is 10.9. The summed E-state index contributed by atoms with van der Waals surface area (Å²) in [6.45, 7) is 0.678. The minimum Gasteiger partial charge on any atom is -0.295 e. The van der Waals surface area contributed by atoms with Crippen LogP contribution in [0.4, 0.5) is 5.69 Å². The molecule has 1 saturated carbocycles. The maximum atomic E-state index is 12.5. The van der Waals surface area contributed by atoms with Gasteiger partial charge in [0, 0.05) is 17.3 Å². The molecule has 1 aromatic heterocycles. The van der Waals surface area contributed by atoms with Crippen molar-refractivity contribution in [3.05, 3.63) is 57.8 Å². The highest BCUT2D eigenvalue weighted by molar-refractivity contribution is 7.92. The number of aromatic amines is 1. The van der Waals surface area contributed by atoms with Crippen LogP contribution >= 0.6 is 11.6 Å². The van der Waals surface area contributed by atoms with E-state index < -0.39 is 10.0 Å². The summed E-state index contributed by atoms with van der Waals surface area (Å²) in [4.78, 5) is 12.5. The first-order valence-corrected chi connectivity index (χ1v) is 9.79. The Morgan fingerprint density at radius 3 is 2.72 bits per heavy atom. The molecule has 0 unspecified atom stereocenters. The minimum atomic E-state index is -3.77. The van der Waals surface area contributed by atoms with Crippen LogP contribution in [-0.2, 0) is 16.6 Å². The van der Waals surface area contributed by atoms with Gasteiger partial charge >= 0.3 is 0 Å². The number of H-pyrrole nitrogens is 1. The molecule has 1 aliphatic carbocycles. The molecule has 0 saturated heterocycles. The first-order valence-electron chi connectivity index (χ1n) is 7.93. The molecule has 2 aromatic carbocycles. The van der Waals surface area contributed by atoms with E-state index in [1.807, 2.05) is 0 Å². The second-order valence-electron chi connectivity index (χ2n) is 6.29. The average molecular weight is 378 g/mol. The summed E-state index contributed by atoms with van der Waals surface area (Å²) >= 11 is 5.86. The average Bonchev–Trinajstić information content (AvgIpc) is 3.33. The Labute approximate surface area is 149 Å². The number of benzene rings is 2. The van der Waals surface area contributed by atoms with Crippen LogP contribution in [0, 0.1) is 5.92 Å². The molecule has 3 aromatic rings. The number of anilines is 1. The van der Waals surface area contributed by atoms with Crippen LogP contribution in [0.15, 0.2) is 52.2 Å². The largest absolute Gasteiger partial charge is 0.295 e. The molecule has 0 amide bonds. The molecule has 2 N–H and O–H groups in total. The van der Waals surface area contributed by atoms with Crippen LogP contribution in [0.2, 0.25) is 5.02 Å². The lowest BCUT2D eigenvalue weighted by Crippen LogP contribution is -2.17. The molecular weight excluding hydrogens is 362 g/mol. The first kappa shape index (κ1) is 16.2. The fourth-order valence-electron chi connectivity index (χ4n) is 2.76. The monoisotopic (exact) mass is 377 g/mol. The predicted octanol–water partition coefficient (Wildman–Crippen LogP) is 3.19. The summed E-state index contributed by atoms with van der Waals surface area (Å²) in [5.41, 5.74) is 0.893. The number of aromatic nitrogens is 2. The first-order chi connectivity index (χ1) is 11.9. The molecule has 4 rings (SSSR count). The number of hydrogen-bond donors (Lipinski definition) is 2. The maximum Gasteiger partial charge on any atom is 0.274 e. The zero-order valence-corrected chi connectivity index (χ0v) is 14.8. The van der Waals surface area contributed by atoms with Gasteiger partial charge in [0.1, 0.15) is 0 Å². The van der Waals surface area contributed by atoms with Crippen molar-refractivity contribution in [3.63, 3.8) is 0 Å². The number of rotatable bonds is 5. The third-order valence-electron chi connectivity index (χ3n) is 4.25. The fraction of sp³-hybridized carbons (Fsp3) is 0.235. The van der Waals surface area contributed by atoms with Gasteiger partial charge in [0.15, 0.2) is 0 Å². The molecule has 1 fully saturated rings. The highest BCUT2D eigenvalue weighted by Gasteiger charge is 2.23. The quantitative estimate of drug-likeness (QED) is 0.716. The van der Waals surface area contributed by atoms with E-state index in [1.165, 1.54) is 12.1 Å². The van der Waals surface area contributed by atoms with Gasteiger partial charge in [-0.25, -0.2) is 8.42 Å². The lowest BCUT2D eigenvalue weighted by Gasteiger charge is -2.08. The summed E-state index contributed by atoms with van der Waals surface area (Å²) in [5, 5.41) is 3.88. The zero-order chi connectivity index (χ0) is 17.6. The van der Waals surface area contributed by atoms with Crippen LogP contribution in [0.3, 0.4) is 0 Å². The molecule has 8 heteroatoms. The van der Waals surface area contributed by atoms with Crippen LogP contribution < -0.4 is 10.3 Å². The van der Waals surface area contributed by atoms with Gasteiger partial charge in [0.2, 0.25) is 0 Å². The van der Waals surface area contributed by atoms with Crippen molar-refractivity contribution in [1.29, 1.82) is 0 Å². The van der Waals surface area contributed by atoms with E-state index in [2.05, 4.69) is 9.82 Å². The van der Waals surface area contributed by atoms with Gasteiger partial charge < -0.3 is 0 Å². The molecule has 0 atom stereocenters. The zero-order valence-electron chi connectivity index (χ0n) is 13.2. The van der Waals surface area contributed by atoms with E-state index in [1.54, 1.807) is 35.0 Å². The Kier molecular flexibility index (Phi) is 3.85. The summed E-state index contributed by atoms with van der Waals surface area (Å²) in [5.74, 6) is 0.562. The van der Waals surface area contributed by atoms with Crippen molar-refractivity contribution >= 4 is 38.2 Å². The number of halogens is 1. The highest BCUT2D eigenvalue weighted by Crippen LogP contribution is 2.30. The Hall–Kier alpha value is -2.25. The van der Waals surface area contributed by atoms with E-state index in [-0.39, 0.29) is 10.5 Å². The minimum absolute atomic E-state index is 0.0697. The standard InChI is InChI=1S/C17H16ClN3O3S/c18-12-2-1-3-14(8-12)25(23,24)20-13-6-7-16-15(9-13)17(22)21(19-16)10-11-4-5-11/h1-3,6-9,11,19-20H,4-5,10H2. The molecule has 0 radical (unpaired) electrons. The van der Waals surface area contributed by atoms with Crippen molar-refractivity contribution < 1.29 is 8.42 Å². The van der Waals surface area contributed by atoms with Crippen LogP contribution in [0.5, 0.6) is 0 Å². The highest BCUT2D eigenvalue weighted by atomic mass is 35.5.